The number of hydrogen-bond donors (Lipinski definition) is 2. The van der Waals surface area contributed by atoms with Crippen LogP contribution in [0, 0.1) is 0 Å². The second-order valence-electron chi connectivity index (χ2n) is 8.83. The third kappa shape index (κ3) is 9.94. The molecule has 0 radical (unpaired) electrons. The summed E-state index contributed by atoms with van der Waals surface area (Å²) < 4.78 is 29.6. The fourth-order valence-electron chi connectivity index (χ4n) is 3.74. The van der Waals surface area contributed by atoms with E-state index in [1.54, 1.807) is 24.3 Å². The lowest BCUT2D eigenvalue weighted by Crippen LogP contribution is -2.41. The Balaban J connectivity index is 0.000000280. The largest absolute Gasteiger partial charge is 0.492 e. The van der Waals surface area contributed by atoms with E-state index in [4.69, 9.17) is 10.5 Å². The Morgan fingerprint density at radius 2 is 1.67 bits per heavy atom. The van der Waals surface area contributed by atoms with Crippen molar-refractivity contribution in [3.63, 3.8) is 0 Å². The van der Waals surface area contributed by atoms with Gasteiger partial charge in [-0.3, -0.25) is 14.4 Å². The van der Waals surface area contributed by atoms with E-state index in [0.29, 0.717) is 12.6 Å². The summed E-state index contributed by atoms with van der Waals surface area (Å²) in [6, 6.07) is 18.2. The lowest BCUT2D eigenvalue weighted by molar-refractivity contribution is -0.118. The number of hydrogen-bond acceptors (Lipinski definition) is 6. The summed E-state index contributed by atoms with van der Waals surface area (Å²) in [5, 5.41) is 0. The van der Waals surface area contributed by atoms with Crippen molar-refractivity contribution in [2.75, 3.05) is 32.5 Å². The highest BCUT2D eigenvalue weighted by Crippen LogP contribution is 2.39. The zero-order valence-corrected chi connectivity index (χ0v) is 20.1. The van der Waals surface area contributed by atoms with Crippen LogP contribution >= 0.6 is 0 Å². The van der Waals surface area contributed by atoms with Crippen LogP contribution in [0.4, 0.5) is 0 Å². The Morgan fingerprint density at radius 1 is 1.03 bits per heavy atom. The van der Waals surface area contributed by atoms with E-state index >= 15 is 0 Å². The molecule has 0 spiro atoms. The number of likely N-dealkylation sites (tertiary alicyclic amines) is 1. The molecule has 4 rings (SSSR count). The van der Waals surface area contributed by atoms with Crippen molar-refractivity contribution in [1.29, 1.82) is 0 Å². The summed E-state index contributed by atoms with van der Waals surface area (Å²) in [5.41, 5.74) is 8.13. The highest BCUT2D eigenvalue weighted by molar-refractivity contribution is 7.89. The van der Waals surface area contributed by atoms with E-state index in [2.05, 4.69) is 35.2 Å². The highest BCUT2D eigenvalue weighted by atomic mass is 32.2. The zero-order valence-electron chi connectivity index (χ0n) is 19.3. The Hall–Kier alpha value is -2.42. The number of benzene rings is 2. The van der Waals surface area contributed by atoms with Crippen LogP contribution in [-0.2, 0) is 21.2 Å². The molecule has 180 valence electrons. The molecule has 1 amide bonds. The number of carbonyl (C=O) groups is 1. The van der Waals surface area contributed by atoms with Crippen molar-refractivity contribution >= 4 is 15.9 Å². The number of nitrogens with two attached hydrogens (primary N) is 1. The molecule has 1 aliphatic carbocycles. The van der Waals surface area contributed by atoms with Gasteiger partial charge in [-0.05, 0) is 68.0 Å². The van der Waals surface area contributed by atoms with Crippen LogP contribution < -0.4 is 15.2 Å². The standard InChI is InChI=1S/C16H25N3O4S.C9H10/c1-24(21,22)18-16(20)12-13-2-4-15(5-3-13)23-11-10-19-8-6-14(17)7-9-19;1-2-4-8(5-3-1)9-6-7-9/h2-5,14H,6-12,17H2,1H3,(H,18,20);1-5,9H,6-7H2. The third-order valence-corrected chi connectivity index (χ3v) is 6.34. The van der Waals surface area contributed by atoms with Crippen LogP contribution in [0.2, 0.25) is 0 Å². The number of piperidine rings is 1. The van der Waals surface area contributed by atoms with E-state index in [9.17, 15) is 13.2 Å². The average molecular weight is 474 g/mol. The quantitative estimate of drug-likeness (QED) is 0.611. The summed E-state index contributed by atoms with van der Waals surface area (Å²) in [4.78, 5) is 13.9. The molecule has 33 heavy (non-hydrogen) atoms. The molecule has 7 nitrogen and oxygen atoms in total. The number of nitrogens with one attached hydrogen (secondary N) is 1. The van der Waals surface area contributed by atoms with Crippen LogP contribution in [0.3, 0.4) is 0 Å². The fourth-order valence-corrected chi connectivity index (χ4v) is 4.23. The molecule has 1 aliphatic heterocycles. The van der Waals surface area contributed by atoms with Gasteiger partial charge in [-0.15, -0.1) is 0 Å². The molecular formula is C25H35N3O4S. The van der Waals surface area contributed by atoms with E-state index in [-0.39, 0.29) is 6.42 Å². The predicted molar refractivity (Wildman–Crippen MR) is 131 cm³/mol. The monoisotopic (exact) mass is 473 g/mol. The summed E-state index contributed by atoms with van der Waals surface area (Å²) in [7, 11) is -3.51. The van der Waals surface area contributed by atoms with Crippen LogP contribution in [0.5, 0.6) is 5.75 Å². The minimum absolute atomic E-state index is 0.0153. The number of nitrogens with zero attached hydrogens (tertiary/aromatic N) is 1. The molecule has 8 heteroatoms. The Labute approximate surface area is 197 Å². The maximum atomic E-state index is 11.5. The van der Waals surface area contributed by atoms with Crippen molar-refractivity contribution in [2.24, 2.45) is 5.73 Å². The predicted octanol–water partition coefficient (Wildman–Crippen LogP) is 2.67. The van der Waals surface area contributed by atoms with Gasteiger partial charge in [-0.1, -0.05) is 42.5 Å². The Bertz CT molecular complexity index is 968. The van der Waals surface area contributed by atoms with Gasteiger partial charge in [0.15, 0.2) is 0 Å². The van der Waals surface area contributed by atoms with Gasteiger partial charge in [0.25, 0.3) is 0 Å². The van der Waals surface area contributed by atoms with E-state index in [1.165, 1.54) is 18.4 Å². The zero-order chi connectivity index (χ0) is 23.7. The number of amides is 1. The molecule has 0 bridgehead atoms. The highest BCUT2D eigenvalue weighted by Gasteiger charge is 2.22. The summed E-state index contributed by atoms with van der Waals surface area (Å²) in [5.74, 6) is 1.09. The number of sulfonamides is 1. The van der Waals surface area contributed by atoms with Crippen molar-refractivity contribution in [1.82, 2.24) is 9.62 Å². The summed E-state index contributed by atoms with van der Waals surface area (Å²) >= 11 is 0. The minimum Gasteiger partial charge on any atom is -0.492 e. The first-order chi connectivity index (χ1) is 15.8. The third-order valence-electron chi connectivity index (χ3n) is 5.74. The molecule has 0 aromatic heterocycles. The van der Waals surface area contributed by atoms with Crippen molar-refractivity contribution in [3.8, 4) is 5.75 Å². The maximum Gasteiger partial charge on any atom is 0.237 e. The first-order valence-electron chi connectivity index (χ1n) is 11.5. The second kappa shape index (κ2) is 12.2. The fraction of sp³-hybridized carbons (Fsp3) is 0.480. The van der Waals surface area contributed by atoms with Crippen molar-refractivity contribution < 1.29 is 17.9 Å². The van der Waals surface area contributed by atoms with Gasteiger partial charge in [0.2, 0.25) is 15.9 Å². The Kier molecular flexibility index (Phi) is 9.29. The number of rotatable bonds is 8. The first kappa shape index (κ1) is 25.2. The smallest absolute Gasteiger partial charge is 0.237 e. The Morgan fingerprint density at radius 3 is 2.24 bits per heavy atom. The van der Waals surface area contributed by atoms with Gasteiger partial charge >= 0.3 is 0 Å². The van der Waals surface area contributed by atoms with Crippen molar-refractivity contribution in [2.45, 2.75) is 44.1 Å². The molecule has 2 fully saturated rings. The minimum atomic E-state index is -3.51. The molecule has 3 N–H and O–H groups in total. The number of ether oxygens (including phenoxy) is 1. The normalized spacial score (nSPS) is 17.0. The summed E-state index contributed by atoms with van der Waals surface area (Å²) in [6.07, 6.45) is 5.85. The van der Waals surface area contributed by atoms with Gasteiger partial charge in [0.05, 0.1) is 12.7 Å². The molecule has 1 heterocycles. The van der Waals surface area contributed by atoms with Gasteiger partial charge in [0.1, 0.15) is 12.4 Å². The van der Waals surface area contributed by atoms with Crippen LogP contribution in [0.25, 0.3) is 0 Å². The molecule has 2 aromatic carbocycles. The van der Waals surface area contributed by atoms with Gasteiger partial charge < -0.3 is 10.5 Å². The topological polar surface area (TPSA) is 102 Å². The molecule has 1 saturated carbocycles. The lowest BCUT2D eigenvalue weighted by Gasteiger charge is -2.29. The summed E-state index contributed by atoms with van der Waals surface area (Å²) in [6.45, 7) is 3.49. The van der Waals surface area contributed by atoms with E-state index < -0.39 is 15.9 Å². The van der Waals surface area contributed by atoms with Crippen molar-refractivity contribution in [3.05, 3.63) is 65.7 Å². The van der Waals surface area contributed by atoms with Crippen LogP contribution in [-0.4, -0.2) is 57.8 Å². The lowest BCUT2D eigenvalue weighted by atomic mass is 10.1. The molecule has 2 aromatic rings. The van der Waals surface area contributed by atoms with Crippen LogP contribution in [0.1, 0.15) is 42.7 Å². The van der Waals surface area contributed by atoms with Crippen LogP contribution in [0.15, 0.2) is 54.6 Å². The molecular weight excluding hydrogens is 438 g/mol. The molecule has 0 unspecified atom stereocenters. The molecule has 0 atom stereocenters. The first-order valence-corrected chi connectivity index (χ1v) is 13.4. The molecule has 1 saturated heterocycles. The van der Waals surface area contributed by atoms with E-state index in [1.807, 2.05) is 4.72 Å². The number of carbonyl (C=O) groups excluding carboxylic acids is 1. The SMILES string of the molecule is CS(=O)(=O)NC(=O)Cc1ccc(OCCN2CCC(N)CC2)cc1.c1ccc(C2CC2)cc1. The van der Waals surface area contributed by atoms with E-state index in [0.717, 1.165) is 56.0 Å². The van der Waals surface area contributed by atoms with Gasteiger partial charge in [0, 0.05) is 12.6 Å². The molecule has 2 aliphatic rings. The second-order valence-corrected chi connectivity index (χ2v) is 10.6. The van der Waals surface area contributed by atoms with Gasteiger partial charge in [-0.25, -0.2) is 8.42 Å². The van der Waals surface area contributed by atoms with Gasteiger partial charge in [-0.2, -0.15) is 0 Å². The maximum absolute atomic E-state index is 11.5. The average Bonchev–Trinajstić information content (AvgIpc) is 3.62.